The predicted octanol–water partition coefficient (Wildman–Crippen LogP) is 2.95. The van der Waals surface area contributed by atoms with Gasteiger partial charge >= 0.3 is 0 Å². The zero-order valence-electron chi connectivity index (χ0n) is 16.5. The lowest BCUT2D eigenvalue weighted by Gasteiger charge is -2.48. The van der Waals surface area contributed by atoms with Gasteiger partial charge < -0.3 is 9.88 Å². The Labute approximate surface area is 168 Å². The number of nitrogens with one attached hydrogen (secondary N) is 1. The summed E-state index contributed by atoms with van der Waals surface area (Å²) in [6.07, 6.45) is 2.38. The van der Waals surface area contributed by atoms with E-state index in [0.29, 0.717) is 6.54 Å². The van der Waals surface area contributed by atoms with Gasteiger partial charge in [0.2, 0.25) is 5.91 Å². The lowest BCUT2D eigenvalue weighted by molar-refractivity contribution is -0.165. The Balaban J connectivity index is 1.57. The van der Waals surface area contributed by atoms with Crippen LogP contribution in [0.1, 0.15) is 29.3 Å². The van der Waals surface area contributed by atoms with Gasteiger partial charge in [-0.2, -0.15) is 5.10 Å². The van der Waals surface area contributed by atoms with Crippen LogP contribution in [0.2, 0.25) is 0 Å². The number of hydrazone groups is 1. The highest BCUT2D eigenvalue weighted by Crippen LogP contribution is 2.41. The molecule has 0 saturated carbocycles. The van der Waals surface area contributed by atoms with Crippen LogP contribution in [0.4, 0.5) is 0 Å². The molecule has 1 aromatic heterocycles. The topological polar surface area (TPSA) is 68.8 Å². The molecule has 2 aliphatic heterocycles. The molecular formula is C23H22N4O2. The fourth-order valence-corrected chi connectivity index (χ4v) is 4.57. The van der Waals surface area contributed by atoms with Crippen LogP contribution in [0, 0.1) is 6.92 Å². The average Bonchev–Trinajstić information content (AvgIpc) is 3.10. The minimum atomic E-state index is -1.08. The summed E-state index contributed by atoms with van der Waals surface area (Å²) in [5.74, 6) is -0.272. The van der Waals surface area contributed by atoms with Gasteiger partial charge in [0.15, 0.2) is 5.54 Å². The molecule has 29 heavy (non-hydrogen) atoms. The van der Waals surface area contributed by atoms with E-state index in [1.807, 2.05) is 56.3 Å². The first kappa shape index (κ1) is 17.7. The highest BCUT2D eigenvalue weighted by atomic mass is 16.2. The minimum absolute atomic E-state index is 0.0354. The molecule has 1 atom stereocenters. The maximum absolute atomic E-state index is 13.6. The fourth-order valence-electron chi connectivity index (χ4n) is 4.57. The molecule has 2 amide bonds. The molecule has 1 N–H and O–H groups in total. The van der Waals surface area contributed by atoms with Gasteiger partial charge in [0, 0.05) is 17.4 Å². The molecular weight excluding hydrogens is 364 g/mol. The predicted molar refractivity (Wildman–Crippen MR) is 112 cm³/mol. The summed E-state index contributed by atoms with van der Waals surface area (Å²) in [7, 11) is 0. The average molecular weight is 386 g/mol. The first-order valence-corrected chi connectivity index (χ1v) is 9.81. The number of para-hydroxylation sites is 1. The van der Waals surface area contributed by atoms with Crippen LogP contribution in [-0.4, -0.2) is 46.0 Å². The van der Waals surface area contributed by atoms with Gasteiger partial charge in [-0.15, -0.1) is 0 Å². The Bertz CT molecular complexity index is 1180. The third-order valence-corrected chi connectivity index (χ3v) is 6.05. The molecule has 146 valence electrons. The third-order valence-electron chi connectivity index (χ3n) is 6.05. The molecule has 2 aromatic carbocycles. The number of benzene rings is 2. The molecule has 1 saturated heterocycles. The number of aromatic amines is 1. The van der Waals surface area contributed by atoms with Crippen molar-refractivity contribution < 1.29 is 9.59 Å². The van der Waals surface area contributed by atoms with Crippen molar-refractivity contribution in [3.63, 3.8) is 0 Å². The van der Waals surface area contributed by atoms with Crippen LogP contribution in [0.5, 0.6) is 0 Å². The Hall–Kier alpha value is -3.41. The lowest BCUT2D eigenvalue weighted by Crippen LogP contribution is -2.65. The summed E-state index contributed by atoms with van der Waals surface area (Å²) in [5, 5.41) is 6.81. The summed E-state index contributed by atoms with van der Waals surface area (Å²) in [4.78, 5) is 31.6. The van der Waals surface area contributed by atoms with E-state index < -0.39 is 5.54 Å². The van der Waals surface area contributed by atoms with Gasteiger partial charge in [0.05, 0.1) is 11.9 Å². The minimum Gasteiger partial charge on any atom is -0.356 e. The number of H-pyrrole nitrogens is 1. The maximum atomic E-state index is 13.6. The zero-order valence-corrected chi connectivity index (χ0v) is 16.5. The number of hydrogen-bond donors (Lipinski definition) is 1. The maximum Gasteiger partial charge on any atom is 0.275 e. The second-order valence-electron chi connectivity index (χ2n) is 7.91. The molecule has 0 aliphatic carbocycles. The van der Waals surface area contributed by atoms with Crippen molar-refractivity contribution in [1.82, 2.24) is 14.9 Å². The van der Waals surface area contributed by atoms with Crippen LogP contribution in [0.15, 0.2) is 53.6 Å². The third kappa shape index (κ3) is 2.59. The molecule has 6 nitrogen and oxygen atoms in total. The van der Waals surface area contributed by atoms with Crippen LogP contribution in [0.25, 0.3) is 10.9 Å². The normalized spacial score (nSPS) is 21.7. The monoisotopic (exact) mass is 386 g/mol. The Kier molecular flexibility index (Phi) is 3.84. The van der Waals surface area contributed by atoms with Crippen molar-refractivity contribution in [2.24, 2.45) is 5.10 Å². The smallest absolute Gasteiger partial charge is 0.275 e. The second kappa shape index (κ2) is 6.30. The van der Waals surface area contributed by atoms with Crippen LogP contribution >= 0.6 is 0 Å². The SMILES string of the molecule is Cc1cccc(/C=N/N2CC(=O)N3CCc4c([nH]c5ccccc45)[C@]3(C)C2=O)c1. The number of nitrogens with zero attached hydrogens (tertiary/aromatic N) is 3. The molecule has 5 rings (SSSR count). The van der Waals surface area contributed by atoms with Crippen LogP contribution in [-0.2, 0) is 21.5 Å². The molecule has 0 spiro atoms. The summed E-state index contributed by atoms with van der Waals surface area (Å²) in [6, 6.07) is 15.9. The van der Waals surface area contributed by atoms with Gasteiger partial charge in [-0.05, 0) is 37.5 Å². The molecule has 0 unspecified atom stereocenters. The van der Waals surface area contributed by atoms with Gasteiger partial charge in [-0.1, -0.05) is 48.0 Å². The van der Waals surface area contributed by atoms with Crippen LogP contribution in [0.3, 0.4) is 0 Å². The zero-order chi connectivity index (χ0) is 20.2. The first-order chi connectivity index (χ1) is 14.0. The van der Waals surface area contributed by atoms with Crippen molar-refractivity contribution >= 4 is 28.9 Å². The van der Waals surface area contributed by atoms with E-state index >= 15 is 0 Å². The fraction of sp³-hybridized carbons (Fsp3) is 0.261. The lowest BCUT2D eigenvalue weighted by atomic mass is 9.83. The van der Waals surface area contributed by atoms with Gasteiger partial charge in [-0.3, -0.25) is 9.59 Å². The van der Waals surface area contributed by atoms with Crippen LogP contribution < -0.4 is 0 Å². The Morgan fingerprint density at radius 2 is 1.97 bits per heavy atom. The number of aryl methyl sites for hydroxylation is 1. The van der Waals surface area contributed by atoms with Gasteiger partial charge in [-0.25, -0.2) is 5.01 Å². The van der Waals surface area contributed by atoms with Crippen molar-refractivity contribution in [2.45, 2.75) is 25.8 Å². The number of piperazine rings is 1. The van der Waals surface area contributed by atoms with Crippen molar-refractivity contribution in [2.75, 3.05) is 13.1 Å². The summed E-state index contributed by atoms with van der Waals surface area (Å²) in [5.41, 5.74) is 3.84. The standard InChI is InChI=1S/C23H22N4O2/c1-15-6-5-7-16(12-15)13-24-27-14-20(28)26-11-10-18-17-8-3-4-9-19(17)25-21(18)23(26,2)22(27)29/h3-9,12-13,25H,10-11,14H2,1-2H3/b24-13+/t23-/m1/s1. The Morgan fingerprint density at radius 1 is 1.14 bits per heavy atom. The molecule has 6 heteroatoms. The van der Waals surface area contributed by atoms with Crippen molar-refractivity contribution in [3.8, 4) is 0 Å². The molecule has 1 fully saturated rings. The number of fused-ring (bicyclic) bond motifs is 5. The van der Waals surface area contributed by atoms with Gasteiger partial charge in [0.1, 0.15) is 6.54 Å². The number of hydrogen-bond acceptors (Lipinski definition) is 3. The molecule has 3 heterocycles. The quantitative estimate of drug-likeness (QED) is 0.688. The number of carbonyl (C=O) groups is 2. The van der Waals surface area contributed by atoms with E-state index in [-0.39, 0.29) is 18.4 Å². The van der Waals surface area contributed by atoms with E-state index in [9.17, 15) is 9.59 Å². The van der Waals surface area contributed by atoms with E-state index in [1.54, 1.807) is 11.1 Å². The number of rotatable bonds is 2. The van der Waals surface area contributed by atoms with Gasteiger partial charge in [0.25, 0.3) is 5.91 Å². The summed E-state index contributed by atoms with van der Waals surface area (Å²) < 4.78 is 0. The molecule has 3 aromatic rings. The molecule has 2 aliphatic rings. The second-order valence-corrected chi connectivity index (χ2v) is 7.91. The van der Waals surface area contributed by atoms with E-state index in [1.165, 1.54) is 5.01 Å². The largest absolute Gasteiger partial charge is 0.356 e. The number of amides is 2. The van der Waals surface area contributed by atoms with E-state index in [0.717, 1.165) is 39.7 Å². The highest BCUT2D eigenvalue weighted by Gasteiger charge is 2.54. The van der Waals surface area contributed by atoms with E-state index in [4.69, 9.17) is 0 Å². The van der Waals surface area contributed by atoms with Crippen molar-refractivity contribution in [1.29, 1.82) is 0 Å². The number of aromatic nitrogens is 1. The highest BCUT2D eigenvalue weighted by molar-refractivity contribution is 6.01. The Morgan fingerprint density at radius 3 is 2.79 bits per heavy atom. The molecule has 0 bridgehead atoms. The summed E-state index contributed by atoms with van der Waals surface area (Å²) in [6.45, 7) is 4.33. The summed E-state index contributed by atoms with van der Waals surface area (Å²) >= 11 is 0. The molecule has 0 radical (unpaired) electrons. The van der Waals surface area contributed by atoms with Crippen molar-refractivity contribution in [3.05, 3.63) is 70.9 Å². The van der Waals surface area contributed by atoms with E-state index in [2.05, 4.69) is 16.2 Å². The first-order valence-electron chi connectivity index (χ1n) is 9.81. The number of carbonyl (C=O) groups excluding carboxylic acids is 2.